The monoisotopic (exact) mass is 643 g/mol. The lowest BCUT2D eigenvalue weighted by Gasteiger charge is -2.23. The maximum Gasteiger partial charge on any atom is 0.227 e. The van der Waals surface area contributed by atoms with Crippen LogP contribution in [0.1, 0.15) is 57.7 Å². The summed E-state index contributed by atoms with van der Waals surface area (Å²) in [7, 11) is 0. The highest BCUT2D eigenvalue weighted by Gasteiger charge is 2.23. The molecule has 49 heavy (non-hydrogen) atoms. The van der Waals surface area contributed by atoms with E-state index >= 15 is 0 Å². The largest absolute Gasteiger partial charge is 0.493 e. The highest BCUT2D eigenvalue weighted by atomic mass is 16.5. The molecule has 0 fully saturated rings. The van der Waals surface area contributed by atoms with Gasteiger partial charge in [-0.3, -0.25) is 0 Å². The van der Waals surface area contributed by atoms with Crippen LogP contribution in [0, 0.1) is 5.92 Å². The van der Waals surface area contributed by atoms with E-state index in [-0.39, 0.29) is 5.41 Å². The van der Waals surface area contributed by atoms with Crippen LogP contribution in [0.5, 0.6) is 5.75 Å². The minimum absolute atomic E-state index is 0.0844. The number of hydrogen-bond acceptors (Lipinski definition) is 5. The number of hydrogen-bond donors (Lipinski definition) is 0. The van der Waals surface area contributed by atoms with Gasteiger partial charge in [0.25, 0.3) is 0 Å². The summed E-state index contributed by atoms with van der Waals surface area (Å²) in [6.07, 6.45) is 5.29. The second kappa shape index (κ2) is 13.5. The Morgan fingerprint density at radius 2 is 1.27 bits per heavy atom. The molecule has 0 spiro atoms. The predicted molar refractivity (Wildman–Crippen MR) is 202 cm³/mol. The molecule has 2 heterocycles. The first-order valence-electron chi connectivity index (χ1n) is 17.0. The number of aromatic nitrogens is 3. The number of fused-ring (bicyclic) bond motifs is 2. The zero-order valence-corrected chi connectivity index (χ0v) is 28.8. The standard InChI is InChI=1S/C44H41N3O2/c1-6-29(2)28-48-39-27-40-38(26-35(39)44(3,4)5)47-43(49-40)34-22-19-30(20-23-34)17-18-31-21-24-36-37(25-31)46-42(33-15-11-8-12-16-33)41(45-36)32-13-9-7-10-14-32/h7-27,29H,6,28H2,1-5H3/b18-17+. The van der Waals surface area contributed by atoms with E-state index in [1.165, 1.54) is 0 Å². The maximum atomic E-state index is 6.29. The van der Waals surface area contributed by atoms with E-state index in [1.807, 2.05) is 48.5 Å². The minimum atomic E-state index is -0.0844. The summed E-state index contributed by atoms with van der Waals surface area (Å²) < 4.78 is 12.6. The Kier molecular flexibility index (Phi) is 8.83. The number of ether oxygens (including phenoxy) is 1. The zero-order chi connectivity index (χ0) is 34.0. The molecule has 0 bridgehead atoms. The average Bonchev–Trinajstić information content (AvgIpc) is 3.56. The van der Waals surface area contributed by atoms with Crippen molar-refractivity contribution in [2.24, 2.45) is 5.92 Å². The first-order chi connectivity index (χ1) is 23.7. The van der Waals surface area contributed by atoms with Crippen LogP contribution in [-0.2, 0) is 5.41 Å². The van der Waals surface area contributed by atoms with Crippen LogP contribution in [0.2, 0.25) is 0 Å². The second-order valence-electron chi connectivity index (χ2n) is 13.8. The lowest BCUT2D eigenvalue weighted by molar-refractivity contribution is 0.251. The van der Waals surface area contributed by atoms with Gasteiger partial charge in [-0.25, -0.2) is 15.0 Å². The van der Waals surface area contributed by atoms with Gasteiger partial charge in [0.2, 0.25) is 5.89 Å². The van der Waals surface area contributed by atoms with Gasteiger partial charge in [0.1, 0.15) is 11.3 Å². The number of oxazole rings is 1. The quantitative estimate of drug-likeness (QED) is 0.146. The molecule has 0 saturated heterocycles. The fourth-order valence-electron chi connectivity index (χ4n) is 5.83. The van der Waals surface area contributed by atoms with Crippen LogP contribution in [0.15, 0.2) is 120 Å². The molecular formula is C44H41N3O2. The Labute approximate surface area is 288 Å². The molecule has 0 aliphatic carbocycles. The fourth-order valence-corrected chi connectivity index (χ4v) is 5.83. The average molecular weight is 644 g/mol. The maximum absolute atomic E-state index is 6.29. The van der Waals surface area contributed by atoms with E-state index in [1.54, 1.807) is 0 Å². The molecule has 244 valence electrons. The van der Waals surface area contributed by atoms with Crippen molar-refractivity contribution in [1.29, 1.82) is 0 Å². The first-order valence-corrected chi connectivity index (χ1v) is 17.0. The molecule has 0 N–H and O–H groups in total. The molecule has 0 amide bonds. The molecule has 5 heteroatoms. The van der Waals surface area contributed by atoms with Crippen molar-refractivity contribution in [2.75, 3.05) is 6.61 Å². The van der Waals surface area contributed by atoms with Gasteiger partial charge >= 0.3 is 0 Å². The van der Waals surface area contributed by atoms with Gasteiger partial charge in [-0.15, -0.1) is 0 Å². The topological polar surface area (TPSA) is 61.0 Å². The number of nitrogens with zero attached hydrogens (tertiary/aromatic N) is 3. The summed E-state index contributed by atoms with van der Waals surface area (Å²) in [5, 5.41) is 0. The smallest absolute Gasteiger partial charge is 0.227 e. The van der Waals surface area contributed by atoms with Crippen LogP contribution in [0.25, 0.3) is 68.3 Å². The molecule has 0 aliphatic rings. The first kappa shape index (κ1) is 32.0. The summed E-state index contributed by atoms with van der Waals surface area (Å²) in [6.45, 7) is 11.7. The molecule has 0 radical (unpaired) electrons. The van der Waals surface area contributed by atoms with Crippen LogP contribution in [-0.4, -0.2) is 21.6 Å². The van der Waals surface area contributed by atoms with Crippen molar-refractivity contribution < 1.29 is 9.15 Å². The summed E-state index contributed by atoms with van der Waals surface area (Å²) in [6, 6.07) is 39.1. The summed E-state index contributed by atoms with van der Waals surface area (Å²) >= 11 is 0. The van der Waals surface area contributed by atoms with Crippen LogP contribution < -0.4 is 4.74 Å². The van der Waals surface area contributed by atoms with E-state index in [0.29, 0.717) is 18.4 Å². The van der Waals surface area contributed by atoms with Gasteiger partial charge in [0.15, 0.2) is 5.58 Å². The minimum Gasteiger partial charge on any atom is -0.493 e. The third-order valence-electron chi connectivity index (χ3n) is 8.93. The van der Waals surface area contributed by atoms with Crippen molar-refractivity contribution in [1.82, 2.24) is 15.0 Å². The van der Waals surface area contributed by atoms with Crippen molar-refractivity contribution in [3.63, 3.8) is 0 Å². The third kappa shape index (κ3) is 7.02. The Hall–Kier alpha value is -5.55. The number of rotatable bonds is 9. The van der Waals surface area contributed by atoms with Gasteiger partial charge in [0, 0.05) is 28.3 Å². The fraction of sp³-hybridized carbons (Fsp3) is 0.205. The van der Waals surface area contributed by atoms with Crippen LogP contribution in [0.4, 0.5) is 0 Å². The lowest BCUT2D eigenvalue weighted by Crippen LogP contribution is -2.15. The van der Waals surface area contributed by atoms with Gasteiger partial charge in [0.05, 0.1) is 29.0 Å². The molecule has 5 nitrogen and oxygen atoms in total. The number of benzene rings is 5. The van der Waals surface area contributed by atoms with Crippen molar-refractivity contribution in [3.05, 3.63) is 132 Å². The van der Waals surface area contributed by atoms with Crippen molar-refractivity contribution in [2.45, 2.75) is 46.5 Å². The van der Waals surface area contributed by atoms with E-state index < -0.39 is 0 Å². The molecular weight excluding hydrogens is 603 g/mol. The Bertz CT molecular complexity index is 2250. The lowest BCUT2D eigenvalue weighted by atomic mass is 9.86. The Morgan fingerprint density at radius 1 is 0.653 bits per heavy atom. The van der Waals surface area contributed by atoms with Crippen molar-refractivity contribution >= 4 is 34.3 Å². The SMILES string of the molecule is CCC(C)COc1cc2oc(-c3ccc(/C=C/c4ccc5nc(-c6ccccc6)c(-c6ccccc6)nc5c4)cc3)nc2cc1C(C)(C)C. The molecule has 5 aromatic carbocycles. The highest BCUT2D eigenvalue weighted by molar-refractivity contribution is 5.88. The summed E-state index contributed by atoms with van der Waals surface area (Å²) in [5.74, 6) is 1.95. The van der Waals surface area contributed by atoms with Gasteiger partial charge < -0.3 is 9.15 Å². The molecule has 7 aromatic rings. The van der Waals surface area contributed by atoms with Gasteiger partial charge in [-0.05, 0) is 52.8 Å². The van der Waals surface area contributed by atoms with Crippen LogP contribution >= 0.6 is 0 Å². The third-order valence-corrected chi connectivity index (χ3v) is 8.93. The van der Waals surface area contributed by atoms with Crippen LogP contribution in [0.3, 0.4) is 0 Å². The summed E-state index contributed by atoms with van der Waals surface area (Å²) in [4.78, 5) is 15.1. The van der Waals surface area contributed by atoms with E-state index in [4.69, 9.17) is 24.1 Å². The zero-order valence-electron chi connectivity index (χ0n) is 28.8. The Balaban J connectivity index is 1.14. The predicted octanol–water partition coefficient (Wildman–Crippen LogP) is 11.7. The Morgan fingerprint density at radius 3 is 1.90 bits per heavy atom. The van der Waals surface area contributed by atoms with E-state index in [9.17, 15) is 0 Å². The highest BCUT2D eigenvalue weighted by Crippen LogP contribution is 2.37. The van der Waals surface area contributed by atoms with E-state index in [0.717, 1.165) is 79.1 Å². The van der Waals surface area contributed by atoms with Crippen molar-refractivity contribution in [3.8, 4) is 39.7 Å². The van der Waals surface area contributed by atoms with Gasteiger partial charge in [-0.1, -0.05) is 132 Å². The molecule has 2 aromatic heterocycles. The van der Waals surface area contributed by atoms with Gasteiger partial charge in [-0.2, -0.15) is 0 Å². The molecule has 0 aliphatic heterocycles. The normalized spacial score (nSPS) is 12.6. The molecule has 1 unspecified atom stereocenters. The molecule has 0 saturated carbocycles. The van der Waals surface area contributed by atoms with E-state index in [2.05, 4.69) is 114 Å². The second-order valence-corrected chi connectivity index (χ2v) is 13.8. The molecule has 7 rings (SSSR count). The summed E-state index contributed by atoms with van der Waals surface area (Å²) in [5.41, 5.74) is 11.2. The molecule has 1 atom stereocenters.